The van der Waals surface area contributed by atoms with Crippen LogP contribution in [0.15, 0.2) is 27.6 Å². The molecule has 1 aliphatic heterocycles. The van der Waals surface area contributed by atoms with Crippen molar-refractivity contribution in [3.8, 4) is 0 Å². The van der Waals surface area contributed by atoms with Gasteiger partial charge in [0.25, 0.3) is 5.91 Å². The number of hydrogen-bond acceptors (Lipinski definition) is 5. The molecule has 0 aromatic carbocycles. The maximum Gasteiger partial charge on any atom is 0.335 e. The zero-order valence-corrected chi connectivity index (χ0v) is 10.6. The first-order valence-electron chi connectivity index (χ1n) is 6.11. The van der Waals surface area contributed by atoms with E-state index in [9.17, 15) is 14.4 Å². The largest absolute Gasteiger partial charge is 0.467 e. The fraction of sp³-hybridized carbons (Fsp3) is 0.462. The second-order valence-electron chi connectivity index (χ2n) is 4.38. The average Bonchev–Trinajstić information content (AvgIpc) is 2.46. The van der Waals surface area contributed by atoms with Crippen LogP contribution >= 0.6 is 0 Å². The molecule has 1 amide bonds. The van der Waals surface area contributed by atoms with Gasteiger partial charge in [-0.2, -0.15) is 0 Å². The van der Waals surface area contributed by atoms with Crippen LogP contribution in [0.5, 0.6) is 0 Å². The van der Waals surface area contributed by atoms with Crippen LogP contribution in [0.25, 0.3) is 0 Å². The SMILES string of the molecule is COC(=O)[C@H]1CCCCN1C(=O)c1ccc(=O)oc1. The minimum atomic E-state index is -0.557. The number of piperidine rings is 1. The van der Waals surface area contributed by atoms with E-state index >= 15 is 0 Å². The second-order valence-corrected chi connectivity index (χ2v) is 4.38. The highest BCUT2D eigenvalue weighted by molar-refractivity contribution is 5.96. The molecule has 19 heavy (non-hydrogen) atoms. The van der Waals surface area contributed by atoms with Crippen molar-refractivity contribution in [3.63, 3.8) is 0 Å². The van der Waals surface area contributed by atoms with Gasteiger partial charge in [-0.25, -0.2) is 9.59 Å². The summed E-state index contributed by atoms with van der Waals surface area (Å²) in [4.78, 5) is 36.3. The summed E-state index contributed by atoms with van der Waals surface area (Å²) < 4.78 is 9.39. The molecule has 102 valence electrons. The number of nitrogens with zero attached hydrogens (tertiary/aromatic N) is 1. The van der Waals surface area contributed by atoms with Crippen LogP contribution in [0.2, 0.25) is 0 Å². The van der Waals surface area contributed by atoms with Crippen LogP contribution in [0.1, 0.15) is 29.6 Å². The Balaban J connectivity index is 2.22. The van der Waals surface area contributed by atoms with Gasteiger partial charge in [-0.1, -0.05) is 0 Å². The number of amides is 1. The van der Waals surface area contributed by atoms with Crippen LogP contribution in [0.4, 0.5) is 0 Å². The monoisotopic (exact) mass is 265 g/mol. The van der Waals surface area contributed by atoms with Gasteiger partial charge in [-0.15, -0.1) is 0 Å². The van der Waals surface area contributed by atoms with Crippen LogP contribution in [0.3, 0.4) is 0 Å². The van der Waals surface area contributed by atoms with Gasteiger partial charge in [-0.3, -0.25) is 4.79 Å². The van der Waals surface area contributed by atoms with Crippen molar-refractivity contribution >= 4 is 11.9 Å². The van der Waals surface area contributed by atoms with Crippen LogP contribution < -0.4 is 5.63 Å². The van der Waals surface area contributed by atoms with Crippen LogP contribution in [0, 0.1) is 0 Å². The van der Waals surface area contributed by atoms with Gasteiger partial charge < -0.3 is 14.1 Å². The third-order valence-electron chi connectivity index (χ3n) is 3.18. The Labute approximate surface area is 110 Å². The molecule has 0 aliphatic carbocycles. The summed E-state index contributed by atoms with van der Waals surface area (Å²) in [5.41, 5.74) is -0.255. The first kappa shape index (κ1) is 13.3. The van der Waals surface area contributed by atoms with E-state index in [0.717, 1.165) is 19.1 Å². The van der Waals surface area contributed by atoms with Gasteiger partial charge in [-0.05, 0) is 25.3 Å². The van der Waals surface area contributed by atoms with E-state index in [1.165, 1.54) is 24.1 Å². The average molecular weight is 265 g/mol. The summed E-state index contributed by atoms with van der Waals surface area (Å²) in [5, 5.41) is 0. The summed E-state index contributed by atoms with van der Waals surface area (Å²) in [6, 6.07) is 2.03. The number of likely N-dealkylation sites (tertiary alicyclic amines) is 1. The number of rotatable bonds is 2. The van der Waals surface area contributed by atoms with Gasteiger partial charge in [0.05, 0.1) is 12.7 Å². The minimum Gasteiger partial charge on any atom is -0.467 e. The third kappa shape index (κ3) is 2.83. The molecular formula is C13H15NO5. The van der Waals surface area contributed by atoms with Crippen molar-refractivity contribution < 1.29 is 18.7 Å². The maximum absolute atomic E-state index is 12.3. The van der Waals surface area contributed by atoms with E-state index in [-0.39, 0.29) is 11.5 Å². The molecule has 0 bridgehead atoms. The zero-order valence-electron chi connectivity index (χ0n) is 10.6. The first-order valence-corrected chi connectivity index (χ1v) is 6.11. The Morgan fingerprint density at radius 1 is 1.37 bits per heavy atom. The summed E-state index contributed by atoms with van der Waals surface area (Å²) in [7, 11) is 1.31. The van der Waals surface area contributed by atoms with Crippen molar-refractivity contribution in [1.29, 1.82) is 0 Å². The molecule has 2 heterocycles. The minimum absolute atomic E-state index is 0.260. The Kier molecular flexibility index (Phi) is 3.99. The maximum atomic E-state index is 12.3. The van der Waals surface area contributed by atoms with E-state index in [0.29, 0.717) is 13.0 Å². The molecule has 0 radical (unpaired) electrons. The number of carbonyl (C=O) groups is 2. The number of esters is 1. The molecule has 2 rings (SSSR count). The fourth-order valence-electron chi connectivity index (χ4n) is 2.20. The Morgan fingerprint density at radius 2 is 2.16 bits per heavy atom. The Hall–Kier alpha value is -2.11. The van der Waals surface area contributed by atoms with E-state index in [1.54, 1.807) is 0 Å². The van der Waals surface area contributed by atoms with Gasteiger partial charge in [0.1, 0.15) is 12.3 Å². The summed E-state index contributed by atoms with van der Waals surface area (Å²) in [6.45, 7) is 0.498. The van der Waals surface area contributed by atoms with Crippen LogP contribution in [-0.4, -0.2) is 36.5 Å². The molecule has 0 saturated carbocycles. The lowest BCUT2D eigenvalue weighted by Crippen LogP contribution is -2.48. The fourth-order valence-corrected chi connectivity index (χ4v) is 2.20. The number of carbonyl (C=O) groups excluding carboxylic acids is 2. The highest BCUT2D eigenvalue weighted by Crippen LogP contribution is 2.20. The molecular weight excluding hydrogens is 250 g/mol. The molecule has 1 atom stereocenters. The van der Waals surface area contributed by atoms with Crippen molar-refractivity contribution in [2.24, 2.45) is 0 Å². The van der Waals surface area contributed by atoms with Crippen molar-refractivity contribution in [2.75, 3.05) is 13.7 Å². The molecule has 0 N–H and O–H groups in total. The van der Waals surface area contributed by atoms with Crippen molar-refractivity contribution in [2.45, 2.75) is 25.3 Å². The quantitative estimate of drug-likeness (QED) is 0.739. The molecule has 1 saturated heterocycles. The molecule has 1 aromatic heterocycles. The topological polar surface area (TPSA) is 76.8 Å². The number of hydrogen-bond donors (Lipinski definition) is 0. The second kappa shape index (κ2) is 5.69. The first-order chi connectivity index (χ1) is 9.13. The normalized spacial score (nSPS) is 19.0. The highest BCUT2D eigenvalue weighted by atomic mass is 16.5. The third-order valence-corrected chi connectivity index (χ3v) is 3.18. The molecule has 0 spiro atoms. The summed E-state index contributed by atoms with van der Waals surface area (Å²) in [6.07, 6.45) is 3.44. The predicted molar refractivity (Wildman–Crippen MR) is 65.7 cm³/mol. The van der Waals surface area contributed by atoms with Crippen LogP contribution in [-0.2, 0) is 9.53 Å². The number of methoxy groups -OCH3 is 1. The summed E-state index contributed by atoms with van der Waals surface area (Å²) in [5.74, 6) is -0.732. The predicted octanol–water partition coefficient (Wildman–Crippen LogP) is 0.807. The van der Waals surface area contributed by atoms with E-state index < -0.39 is 17.6 Å². The lowest BCUT2D eigenvalue weighted by molar-refractivity contribution is -0.147. The molecule has 6 nitrogen and oxygen atoms in total. The van der Waals surface area contributed by atoms with E-state index in [1.807, 2.05) is 0 Å². The zero-order chi connectivity index (χ0) is 13.8. The molecule has 1 aromatic rings. The summed E-state index contributed by atoms with van der Waals surface area (Å²) >= 11 is 0. The standard InChI is InChI=1S/C13H15NO5/c1-18-13(17)10-4-2-3-7-14(10)12(16)9-5-6-11(15)19-8-9/h5-6,8,10H,2-4,7H2,1H3/t10-/m1/s1. The Bertz CT molecular complexity index is 516. The molecule has 0 unspecified atom stereocenters. The Morgan fingerprint density at radius 3 is 2.79 bits per heavy atom. The molecule has 1 aliphatic rings. The molecule has 1 fully saturated rings. The van der Waals surface area contributed by atoms with Crippen molar-refractivity contribution in [1.82, 2.24) is 4.90 Å². The highest BCUT2D eigenvalue weighted by Gasteiger charge is 2.33. The lowest BCUT2D eigenvalue weighted by Gasteiger charge is -2.33. The van der Waals surface area contributed by atoms with Gasteiger partial charge in [0.15, 0.2) is 0 Å². The smallest absolute Gasteiger partial charge is 0.335 e. The molecule has 6 heteroatoms. The van der Waals surface area contributed by atoms with Gasteiger partial charge in [0.2, 0.25) is 0 Å². The van der Waals surface area contributed by atoms with Crippen molar-refractivity contribution in [3.05, 3.63) is 34.4 Å². The van der Waals surface area contributed by atoms with Gasteiger partial charge in [0, 0.05) is 12.6 Å². The lowest BCUT2D eigenvalue weighted by atomic mass is 10.0. The van der Waals surface area contributed by atoms with E-state index in [4.69, 9.17) is 4.74 Å². The van der Waals surface area contributed by atoms with E-state index in [2.05, 4.69) is 4.42 Å². The number of ether oxygens (including phenoxy) is 1. The van der Waals surface area contributed by atoms with Gasteiger partial charge >= 0.3 is 11.6 Å².